The van der Waals surface area contributed by atoms with Gasteiger partial charge >= 0.3 is 6.03 Å². The van der Waals surface area contributed by atoms with Crippen molar-refractivity contribution >= 4 is 39.4 Å². The highest BCUT2D eigenvalue weighted by Crippen LogP contribution is 2.30. The fraction of sp³-hybridized carbons (Fsp3) is 0.129. The molecule has 40 heavy (non-hydrogen) atoms. The first-order chi connectivity index (χ1) is 19.5. The molecular weight excluding hydrogens is 589 g/mol. The quantitative estimate of drug-likeness (QED) is 0.165. The van der Waals surface area contributed by atoms with Crippen LogP contribution in [0.4, 0.5) is 14.9 Å². The van der Waals surface area contributed by atoms with Crippen LogP contribution in [0.5, 0.6) is 0 Å². The van der Waals surface area contributed by atoms with Crippen molar-refractivity contribution < 1.29 is 9.18 Å². The van der Waals surface area contributed by atoms with Gasteiger partial charge in [0.25, 0.3) is 0 Å². The summed E-state index contributed by atoms with van der Waals surface area (Å²) < 4.78 is 16.2. The average molecular weight is 617 g/mol. The number of halogens is 2. The maximum Gasteiger partial charge on any atom is 0.319 e. The zero-order chi connectivity index (χ0) is 27.9. The Balaban J connectivity index is 1.50. The first kappa shape index (κ1) is 27.6. The highest BCUT2D eigenvalue weighted by atomic mass is 79.9. The lowest BCUT2D eigenvalue weighted by Crippen LogP contribution is -2.35. The number of nitrogens with one attached hydrogen (secondary N) is 2. The molecule has 2 N–H and O–H groups in total. The smallest absolute Gasteiger partial charge is 0.319 e. The molecule has 1 aromatic heterocycles. The molecule has 0 aliphatic carbocycles. The maximum atomic E-state index is 13.4. The molecule has 202 valence electrons. The Morgan fingerprint density at radius 3 is 2.33 bits per heavy atom. The number of benzene rings is 4. The lowest BCUT2D eigenvalue weighted by Gasteiger charge is -2.21. The lowest BCUT2D eigenvalue weighted by atomic mass is 10.1. The molecule has 1 unspecified atom stereocenters. The van der Waals surface area contributed by atoms with E-state index in [0.29, 0.717) is 28.8 Å². The molecule has 1 atom stereocenters. The molecule has 0 saturated carbocycles. The average Bonchev–Trinajstić information content (AvgIpc) is 3.38. The summed E-state index contributed by atoms with van der Waals surface area (Å²) in [6.45, 7) is 2.03. The summed E-state index contributed by atoms with van der Waals surface area (Å²) in [7, 11) is 0. The molecule has 0 fully saturated rings. The van der Waals surface area contributed by atoms with E-state index in [1.54, 1.807) is 12.1 Å². The molecule has 2 amide bonds. The van der Waals surface area contributed by atoms with Crippen molar-refractivity contribution in [2.45, 2.75) is 30.3 Å². The molecule has 0 spiro atoms. The van der Waals surface area contributed by atoms with Gasteiger partial charge in [-0.25, -0.2) is 9.18 Å². The first-order valence-corrected chi connectivity index (χ1v) is 14.5. The van der Waals surface area contributed by atoms with Gasteiger partial charge < -0.3 is 10.6 Å². The maximum absolute atomic E-state index is 13.4. The molecule has 0 aliphatic heterocycles. The van der Waals surface area contributed by atoms with E-state index in [0.717, 1.165) is 26.9 Å². The van der Waals surface area contributed by atoms with E-state index in [4.69, 9.17) is 0 Å². The SMILES string of the molecule is Cc1ccc(-n2c(SCc3ccc(F)cc3)nnc2C(Cc2ccccc2)NC(=O)Nc2ccccc2Br)cc1. The summed E-state index contributed by atoms with van der Waals surface area (Å²) in [5.74, 6) is 0.926. The molecule has 0 aliphatic rings. The molecule has 0 radical (unpaired) electrons. The summed E-state index contributed by atoms with van der Waals surface area (Å²) in [5, 5.41) is 15.9. The van der Waals surface area contributed by atoms with Gasteiger partial charge in [-0.2, -0.15) is 0 Å². The minimum absolute atomic E-state index is 0.269. The number of thioether (sulfide) groups is 1. The first-order valence-electron chi connectivity index (χ1n) is 12.7. The van der Waals surface area contributed by atoms with Gasteiger partial charge in [-0.15, -0.1) is 10.2 Å². The van der Waals surface area contributed by atoms with E-state index in [-0.39, 0.29) is 11.8 Å². The number of para-hydroxylation sites is 1. The molecule has 0 saturated heterocycles. The molecule has 5 rings (SSSR count). The highest BCUT2D eigenvalue weighted by Gasteiger charge is 2.25. The van der Waals surface area contributed by atoms with Crippen LogP contribution < -0.4 is 10.6 Å². The van der Waals surface area contributed by atoms with Crippen molar-refractivity contribution in [1.82, 2.24) is 20.1 Å². The predicted molar refractivity (Wildman–Crippen MR) is 161 cm³/mol. The highest BCUT2D eigenvalue weighted by molar-refractivity contribution is 9.10. The third kappa shape index (κ3) is 6.97. The van der Waals surface area contributed by atoms with Crippen LogP contribution in [0, 0.1) is 12.7 Å². The number of amides is 2. The lowest BCUT2D eigenvalue weighted by molar-refractivity contribution is 0.247. The van der Waals surface area contributed by atoms with Gasteiger partial charge in [0.2, 0.25) is 0 Å². The third-order valence-corrected chi connectivity index (χ3v) is 7.95. The Hall–Kier alpha value is -3.95. The van der Waals surface area contributed by atoms with Gasteiger partial charge in [0.15, 0.2) is 11.0 Å². The number of urea groups is 1. The van der Waals surface area contributed by atoms with Gasteiger partial charge in [-0.05, 0) is 70.4 Å². The number of hydrogen-bond acceptors (Lipinski definition) is 4. The molecule has 6 nitrogen and oxygen atoms in total. The van der Waals surface area contributed by atoms with Crippen molar-refractivity contribution in [3.8, 4) is 5.69 Å². The number of carbonyl (C=O) groups is 1. The van der Waals surface area contributed by atoms with Crippen LogP contribution in [0.15, 0.2) is 113 Å². The van der Waals surface area contributed by atoms with Gasteiger partial charge in [-0.3, -0.25) is 4.57 Å². The monoisotopic (exact) mass is 615 g/mol. The van der Waals surface area contributed by atoms with Crippen LogP contribution in [-0.4, -0.2) is 20.8 Å². The van der Waals surface area contributed by atoms with Crippen molar-refractivity contribution in [2.75, 3.05) is 5.32 Å². The van der Waals surface area contributed by atoms with E-state index >= 15 is 0 Å². The van der Waals surface area contributed by atoms with E-state index in [1.165, 1.54) is 23.9 Å². The van der Waals surface area contributed by atoms with Crippen LogP contribution in [0.1, 0.15) is 28.6 Å². The van der Waals surface area contributed by atoms with Gasteiger partial charge in [0.05, 0.1) is 11.7 Å². The molecule has 1 heterocycles. The molecule has 5 aromatic rings. The number of nitrogens with zero attached hydrogens (tertiary/aromatic N) is 3. The van der Waals surface area contributed by atoms with Gasteiger partial charge in [0.1, 0.15) is 5.82 Å². The van der Waals surface area contributed by atoms with Crippen molar-refractivity contribution in [3.63, 3.8) is 0 Å². The van der Waals surface area contributed by atoms with Gasteiger partial charge in [-0.1, -0.05) is 84.1 Å². The van der Waals surface area contributed by atoms with E-state index in [9.17, 15) is 9.18 Å². The van der Waals surface area contributed by atoms with Crippen LogP contribution in [0.3, 0.4) is 0 Å². The Kier molecular flexibility index (Phi) is 8.93. The largest absolute Gasteiger partial charge is 0.327 e. The second-order valence-corrected chi connectivity index (χ2v) is 11.0. The normalized spacial score (nSPS) is 11.7. The molecular formula is C31H27BrFN5OS. The Labute approximate surface area is 245 Å². The minimum Gasteiger partial charge on any atom is -0.327 e. The summed E-state index contributed by atoms with van der Waals surface area (Å²) in [6.07, 6.45) is 0.511. The summed E-state index contributed by atoms with van der Waals surface area (Å²) in [4.78, 5) is 13.2. The molecule has 9 heteroatoms. The standard InChI is InChI=1S/C31H27BrFN5OS/c1-21-11-17-25(18-12-21)38-29(36-37-31(38)40-20-23-13-15-24(33)16-14-23)28(19-22-7-3-2-4-8-22)35-30(39)34-27-10-6-5-9-26(27)32/h2-18,28H,19-20H2,1H3,(H2,34,35,39). The third-order valence-electron chi connectivity index (χ3n) is 6.25. The van der Waals surface area contributed by atoms with Crippen LogP contribution in [0.25, 0.3) is 5.69 Å². The van der Waals surface area contributed by atoms with Crippen LogP contribution in [-0.2, 0) is 12.2 Å². The second-order valence-electron chi connectivity index (χ2n) is 9.25. The fourth-order valence-electron chi connectivity index (χ4n) is 4.20. The van der Waals surface area contributed by atoms with Crippen LogP contribution in [0.2, 0.25) is 0 Å². The number of anilines is 1. The minimum atomic E-state index is -0.487. The van der Waals surface area contributed by atoms with Crippen molar-refractivity contribution in [3.05, 3.63) is 136 Å². The number of carbonyl (C=O) groups excluding carboxylic acids is 1. The zero-order valence-corrected chi connectivity index (χ0v) is 24.1. The predicted octanol–water partition coefficient (Wildman–Crippen LogP) is 7.88. The number of aromatic nitrogens is 3. The number of aryl methyl sites for hydroxylation is 1. The van der Waals surface area contributed by atoms with Gasteiger partial charge in [0, 0.05) is 22.3 Å². The second kappa shape index (κ2) is 12.9. The Morgan fingerprint density at radius 2 is 1.60 bits per heavy atom. The topological polar surface area (TPSA) is 71.8 Å². The summed E-state index contributed by atoms with van der Waals surface area (Å²) in [5.41, 5.74) is 4.70. The van der Waals surface area contributed by atoms with Crippen molar-refractivity contribution in [1.29, 1.82) is 0 Å². The zero-order valence-electron chi connectivity index (χ0n) is 21.7. The van der Waals surface area contributed by atoms with Crippen LogP contribution >= 0.6 is 27.7 Å². The van der Waals surface area contributed by atoms with E-state index in [1.807, 2.05) is 90.4 Å². The molecule has 4 aromatic carbocycles. The summed E-state index contributed by atoms with van der Waals surface area (Å²) >= 11 is 4.99. The Morgan fingerprint density at radius 1 is 0.900 bits per heavy atom. The van der Waals surface area contributed by atoms with Crippen molar-refractivity contribution in [2.24, 2.45) is 0 Å². The molecule has 0 bridgehead atoms. The van der Waals surface area contributed by atoms with E-state index in [2.05, 4.69) is 36.8 Å². The van der Waals surface area contributed by atoms with E-state index < -0.39 is 6.04 Å². The number of rotatable bonds is 9. The summed E-state index contributed by atoms with van der Waals surface area (Å²) in [6, 6.07) is 31.1. The Bertz CT molecular complexity index is 1580. The fourth-order valence-corrected chi connectivity index (χ4v) is 5.50. The number of hydrogen-bond donors (Lipinski definition) is 2.